The molecule has 1 heterocycles. The summed E-state index contributed by atoms with van der Waals surface area (Å²) < 4.78 is 37.6. The van der Waals surface area contributed by atoms with Gasteiger partial charge in [0.1, 0.15) is 0 Å². The summed E-state index contributed by atoms with van der Waals surface area (Å²) in [5.41, 5.74) is 0.135. The average Bonchev–Trinajstić information content (AvgIpc) is 3.12. The third-order valence-electron chi connectivity index (χ3n) is 3.46. The van der Waals surface area contributed by atoms with Crippen molar-refractivity contribution in [3.8, 4) is 0 Å². The second-order valence-electron chi connectivity index (χ2n) is 5.39. The highest BCUT2D eigenvalue weighted by Gasteiger charge is 2.33. The molecule has 0 saturated heterocycles. The number of nitrogens with one attached hydrogen (secondary N) is 2. The molecule has 0 aliphatic carbocycles. The van der Waals surface area contributed by atoms with E-state index in [9.17, 15) is 22.8 Å². The van der Waals surface area contributed by atoms with Crippen LogP contribution in [-0.4, -0.2) is 16.8 Å². The normalized spacial score (nSPS) is 11.1. The molecule has 0 unspecified atom stereocenters. The van der Waals surface area contributed by atoms with E-state index in [1.54, 1.807) is 30.3 Å². The lowest BCUT2D eigenvalue weighted by atomic mass is 10.1. The van der Waals surface area contributed by atoms with Gasteiger partial charge in [0.05, 0.1) is 0 Å². The number of alkyl halides is 3. The van der Waals surface area contributed by atoms with Crippen LogP contribution in [0.15, 0.2) is 60.0 Å². The molecule has 0 spiro atoms. The molecule has 3 rings (SSSR count). The van der Waals surface area contributed by atoms with Crippen molar-refractivity contribution in [1.29, 1.82) is 0 Å². The van der Waals surface area contributed by atoms with Crippen LogP contribution in [0, 0.1) is 0 Å². The second-order valence-corrected chi connectivity index (χ2v) is 6.25. The van der Waals surface area contributed by atoms with Gasteiger partial charge in [-0.1, -0.05) is 18.2 Å². The molecule has 2 N–H and O–H groups in total. The standard InChI is InChI=1S/C18H12F3N3O2S/c19-18(20,21)14-10-27-17(23-14)24-16(26)12-6-8-13(9-7-12)22-15(25)11-4-2-1-3-5-11/h1-10H,(H,22,25)(H,23,24,26). The molecule has 0 bridgehead atoms. The molecule has 0 aliphatic rings. The fourth-order valence-electron chi connectivity index (χ4n) is 2.13. The Morgan fingerprint density at radius 2 is 1.44 bits per heavy atom. The summed E-state index contributed by atoms with van der Waals surface area (Å²) >= 11 is 0.689. The fraction of sp³-hybridized carbons (Fsp3) is 0.0556. The van der Waals surface area contributed by atoms with Crippen molar-refractivity contribution in [2.45, 2.75) is 6.18 Å². The summed E-state index contributed by atoms with van der Waals surface area (Å²) in [6.45, 7) is 0. The van der Waals surface area contributed by atoms with Crippen LogP contribution in [0.3, 0.4) is 0 Å². The van der Waals surface area contributed by atoms with E-state index in [2.05, 4.69) is 15.6 Å². The Hall–Kier alpha value is -3.20. The van der Waals surface area contributed by atoms with Crippen LogP contribution in [0.5, 0.6) is 0 Å². The number of hydrogen-bond acceptors (Lipinski definition) is 4. The number of anilines is 2. The van der Waals surface area contributed by atoms with E-state index in [-0.39, 0.29) is 16.6 Å². The Morgan fingerprint density at radius 3 is 2.04 bits per heavy atom. The maximum Gasteiger partial charge on any atom is 0.434 e. The molecule has 0 atom stereocenters. The number of carbonyl (C=O) groups is 2. The molecule has 2 amide bonds. The average molecular weight is 391 g/mol. The van der Waals surface area contributed by atoms with Crippen LogP contribution in [0.25, 0.3) is 0 Å². The fourth-order valence-corrected chi connectivity index (χ4v) is 2.84. The van der Waals surface area contributed by atoms with E-state index in [0.717, 1.165) is 5.38 Å². The van der Waals surface area contributed by atoms with Gasteiger partial charge in [0.2, 0.25) is 0 Å². The van der Waals surface area contributed by atoms with Crippen LogP contribution in [0.4, 0.5) is 24.0 Å². The maximum absolute atomic E-state index is 12.5. The molecule has 3 aromatic rings. The molecule has 0 aliphatic heterocycles. The lowest BCUT2D eigenvalue weighted by Gasteiger charge is -2.07. The van der Waals surface area contributed by atoms with E-state index in [1.807, 2.05) is 0 Å². The Morgan fingerprint density at radius 1 is 0.852 bits per heavy atom. The molecule has 9 heteroatoms. The van der Waals surface area contributed by atoms with Gasteiger partial charge in [-0.3, -0.25) is 14.9 Å². The third-order valence-corrected chi connectivity index (χ3v) is 4.21. The summed E-state index contributed by atoms with van der Waals surface area (Å²) in [7, 11) is 0. The van der Waals surface area contributed by atoms with E-state index >= 15 is 0 Å². The predicted octanol–water partition coefficient (Wildman–Crippen LogP) is 4.67. The van der Waals surface area contributed by atoms with Gasteiger partial charge in [0, 0.05) is 22.2 Å². The summed E-state index contributed by atoms with van der Waals surface area (Å²) in [4.78, 5) is 27.5. The molecular weight excluding hydrogens is 379 g/mol. The predicted molar refractivity (Wildman–Crippen MR) is 95.9 cm³/mol. The van der Waals surface area contributed by atoms with Crippen LogP contribution in [0.2, 0.25) is 0 Å². The molecule has 138 valence electrons. The minimum atomic E-state index is -4.56. The first kappa shape index (κ1) is 18.6. The van der Waals surface area contributed by atoms with Crippen molar-refractivity contribution in [3.63, 3.8) is 0 Å². The van der Waals surface area contributed by atoms with Gasteiger partial charge >= 0.3 is 6.18 Å². The first-order chi connectivity index (χ1) is 12.8. The minimum Gasteiger partial charge on any atom is -0.322 e. The highest BCUT2D eigenvalue weighted by atomic mass is 32.1. The molecule has 2 aromatic carbocycles. The Balaban J connectivity index is 1.63. The number of benzene rings is 2. The lowest BCUT2D eigenvalue weighted by molar-refractivity contribution is -0.140. The first-order valence-corrected chi connectivity index (χ1v) is 8.51. The van der Waals surface area contributed by atoms with Gasteiger partial charge in [-0.15, -0.1) is 11.3 Å². The SMILES string of the molecule is O=C(Nc1ccc(C(=O)Nc2nc(C(F)(F)F)cs2)cc1)c1ccccc1. The van der Waals surface area contributed by atoms with Gasteiger partial charge in [0.15, 0.2) is 10.8 Å². The number of thiazole rings is 1. The summed E-state index contributed by atoms with van der Waals surface area (Å²) in [6, 6.07) is 14.6. The van der Waals surface area contributed by atoms with E-state index < -0.39 is 17.8 Å². The van der Waals surface area contributed by atoms with Gasteiger partial charge in [-0.2, -0.15) is 13.2 Å². The summed E-state index contributed by atoms with van der Waals surface area (Å²) in [5.74, 6) is -0.894. The number of hydrogen-bond donors (Lipinski definition) is 2. The molecule has 5 nitrogen and oxygen atoms in total. The van der Waals surface area contributed by atoms with Gasteiger partial charge in [-0.25, -0.2) is 4.98 Å². The van der Waals surface area contributed by atoms with E-state index in [4.69, 9.17) is 0 Å². The van der Waals surface area contributed by atoms with Gasteiger partial charge in [0.25, 0.3) is 11.8 Å². The highest BCUT2D eigenvalue weighted by Crippen LogP contribution is 2.31. The zero-order valence-corrected chi connectivity index (χ0v) is 14.4. The molecule has 27 heavy (non-hydrogen) atoms. The molecule has 0 saturated carbocycles. The second kappa shape index (κ2) is 7.58. The number of halogens is 3. The zero-order chi connectivity index (χ0) is 19.4. The number of carbonyl (C=O) groups excluding carboxylic acids is 2. The molecule has 0 fully saturated rings. The largest absolute Gasteiger partial charge is 0.434 e. The number of aromatic nitrogens is 1. The molecular formula is C18H12F3N3O2S. The Bertz CT molecular complexity index is 954. The first-order valence-electron chi connectivity index (χ1n) is 7.63. The van der Waals surface area contributed by atoms with E-state index in [0.29, 0.717) is 22.6 Å². The lowest BCUT2D eigenvalue weighted by Crippen LogP contribution is -2.14. The smallest absolute Gasteiger partial charge is 0.322 e. The topological polar surface area (TPSA) is 71.1 Å². The number of nitrogens with zero attached hydrogens (tertiary/aromatic N) is 1. The van der Waals surface area contributed by atoms with Crippen molar-refractivity contribution < 1.29 is 22.8 Å². The van der Waals surface area contributed by atoms with Crippen molar-refractivity contribution in [3.05, 3.63) is 76.8 Å². The zero-order valence-electron chi connectivity index (χ0n) is 13.6. The van der Waals surface area contributed by atoms with Crippen LogP contribution >= 0.6 is 11.3 Å². The Labute approximate surface area is 155 Å². The van der Waals surface area contributed by atoms with Crippen molar-refractivity contribution >= 4 is 34.0 Å². The molecule has 0 radical (unpaired) electrons. The summed E-state index contributed by atoms with van der Waals surface area (Å²) in [5, 5.41) is 5.69. The number of amides is 2. The van der Waals surface area contributed by atoms with Gasteiger partial charge < -0.3 is 5.32 Å². The van der Waals surface area contributed by atoms with Crippen LogP contribution < -0.4 is 10.6 Å². The van der Waals surface area contributed by atoms with Crippen LogP contribution in [0.1, 0.15) is 26.4 Å². The Kier molecular flexibility index (Phi) is 5.22. The third kappa shape index (κ3) is 4.70. The summed E-state index contributed by atoms with van der Waals surface area (Å²) in [6.07, 6.45) is -4.56. The minimum absolute atomic E-state index is 0.145. The van der Waals surface area contributed by atoms with Crippen molar-refractivity contribution in [2.75, 3.05) is 10.6 Å². The quantitative estimate of drug-likeness (QED) is 0.679. The number of rotatable bonds is 4. The maximum atomic E-state index is 12.5. The molecule has 1 aromatic heterocycles. The highest BCUT2D eigenvalue weighted by molar-refractivity contribution is 7.14. The van der Waals surface area contributed by atoms with Crippen molar-refractivity contribution in [1.82, 2.24) is 4.98 Å². The van der Waals surface area contributed by atoms with E-state index in [1.165, 1.54) is 24.3 Å². The van der Waals surface area contributed by atoms with Crippen molar-refractivity contribution in [2.24, 2.45) is 0 Å². The monoisotopic (exact) mass is 391 g/mol. The van der Waals surface area contributed by atoms with Gasteiger partial charge in [-0.05, 0) is 36.4 Å². The van der Waals surface area contributed by atoms with Crippen LogP contribution in [-0.2, 0) is 6.18 Å².